The Morgan fingerprint density at radius 1 is 0.929 bits per heavy atom. The molecule has 0 amide bonds. The Kier molecular flexibility index (Phi) is 14.2. The summed E-state index contributed by atoms with van der Waals surface area (Å²) in [5, 5.41) is 0.239. The van der Waals surface area contributed by atoms with Gasteiger partial charge in [-0.25, -0.2) is 0 Å². The number of rotatable bonds is 14. The van der Waals surface area contributed by atoms with E-state index in [-0.39, 0.29) is 10.7 Å². The van der Waals surface area contributed by atoms with Crippen LogP contribution in [0, 0.1) is 0 Å². The Labute approximate surface area is 184 Å². The lowest BCUT2D eigenvalue weighted by atomic mass is 10.2. The highest BCUT2D eigenvalue weighted by Gasteiger charge is 2.33. The molecule has 28 heavy (non-hydrogen) atoms. The molecular weight excluding hydrogens is 407 g/mol. The second-order valence-electron chi connectivity index (χ2n) is 8.84. The lowest BCUT2D eigenvalue weighted by molar-refractivity contribution is -0.110. The molecule has 0 fully saturated rings. The summed E-state index contributed by atoms with van der Waals surface area (Å²) in [7, 11) is -0.470. The maximum Gasteiger partial charge on any atom is 0.188 e. The smallest absolute Gasteiger partial charge is 0.188 e. The number of hydrogen-bond donors (Lipinski definition) is 0. The van der Waals surface area contributed by atoms with Crippen molar-refractivity contribution in [2.75, 3.05) is 18.1 Å². The van der Waals surface area contributed by atoms with E-state index in [1.807, 2.05) is 18.3 Å². The van der Waals surface area contributed by atoms with Crippen LogP contribution in [0.15, 0.2) is 0 Å². The van der Waals surface area contributed by atoms with E-state index in [0.29, 0.717) is 42.9 Å². The predicted molar refractivity (Wildman–Crippen MR) is 131 cm³/mol. The van der Waals surface area contributed by atoms with Crippen molar-refractivity contribution in [3.05, 3.63) is 0 Å². The van der Waals surface area contributed by atoms with E-state index in [2.05, 4.69) is 78.6 Å². The minimum Gasteiger partial charge on any atom is -0.374 e. The van der Waals surface area contributed by atoms with Crippen LogP contribution in [0.3, 0.4) is 0 Å². The molecular formula is C21H45N2O2PS2. The van der Waals surface area contributed by atoms with Gasteiger partial charge < -0.3 is 4.74 Å². The maximum absolute atomic E-state index is 11.6. The van der Waals surface area contributed by atoms with Gasteiger partial charge in [0.25, 0.3) is 0 Å². The van der Waals surface area contributed by atoms with Crippen LogP contribution in [0.25, 0.3) is 0 Å². The quantitative estimate of drug-likeness (QED) is 0.217. The maximum atomic E-state index is 11.6. The molecule has 0 radical (unpaired) electrons. The van der Waals surface area contributed by atoms with Crippen LogP contribution in [0.2, 0.25) is 0 Å². The molecule has 0 aromatic heterocycles. The first-order valence-corrected chi connectivity index (χ1v) is 14.5. The molecule has 0 saturated carbocycles. The Bertz CT molecular complexity index is 410. The molecule has 0 aliphatic heterocycles. The van der Waals surface area contributed by atoms with Crippen LogP contribution in [-0.2, 0) is 9.53 Å². The summed E-state index contributed by atoms with van der Waals surface area (Å²) in [5.41, 5.74) is -0.273. The van der Waals surface area contributed by atoms with Gasteiger partial charge in [-0.15, -0.1) is 0 Å². The molecule has 7 heteroatoms. The first-order chi connectivity index (χ1) is 12.8. The first kappa shape index (κ1) is 28.7. The van der Waals surface area contributed by atoms with Crippen molar-refractivity contribution < 1.29 is 9.53 Å². The Morgan fingerprint density at radius 3 is 1.71 bits per heavy atom. The van der Waals surface area contributed by atoms with Crippen LogP contribution >= 0.6 is 30.6 Å². The summed E-state index contributed by atoms with van der Waals surface area (Å²) < 4.78 is 11.5. The van der Waals surface area contributed by atoms with Crippen molar-refractivity contribution in [1.29, 1.82) is 0 Å². The van der Waals surface area contributed by atoms with E-state index in [4.69, 9.17) is 4.74 Å². The third kappa shape index (κ3) is 10.6. The molecule has 4 nitrogen and oxygen atoms in total. The zero-order valence-electron chi connectivity index (χ0n) is 20.1. The van der Waals surface area contributed by atoms with Crippen LogP contribution in [0.1, 0.15) is 82.6 Å². The largest absolute Gasteiger partial charge is 0.374 e. The number of carbonyl (C=O) groups is 1. The van der Waals surface area contributed by atoms with Crippen LogP contribution < -0.4 is 0 Å². The highest BCUT2D eigenvalue weighted by Crippen LogP contribution is 2.59. The highest BCUT2D eigenvalue weighted by molar-refractivity contribution is 8.54. The van der Waals surface area contributed by atoms with E-state index in [1.165, 1.54) is 11.8 Å². The van der Waals surface area contributed by atoms with Gasteiger partial charge in [-0.05, 0) is 69.2 Å². The molecule has 0 heterocycles. The zero-order valence-corrected chi connectivity index (χ0v) is 22.6. The van der Waals surface area contributed by atoms with Gasteiger partial charge in [0, 0.05) is 42.1 Å². The molecule has 168 valence electrons. The molecule has 0 aromatic carbocycles. The average molecular weight is 453 g/mol. The number of nitrogens with zero attached hydrogens (tertiary/aromatic N) is 2. The van der Waals surface area contributed by atoms with Gasteiger partial charge in [-0.2, -0.15) is 0 Å². The number of hydrogen-bond acceptors (Lipinski definition) is 6. The van der Waals surface area contributed by atoms with Crippen molar-refractivity contribution in [2.24, 2.45) is 0 Å². The third-order valence-corrected chi connectivity index (χ3v) is 11.2. The minimum atomic E-state index is -0.470. The van der Waals surface area contributed by atoms with Crippen LogP contribution in [0.4, 0.5) is 0 Å². The van der Waals surface area contributed by atoms with Crippen molar-refractivity contribution in [3.63, 3.8) is 0 Å². The van der Waals surface area contributed by atoms with E-state index < -0.39 is 7.42 Å². The Balaban J connectivity index is 5.00. The van der Waals surface area contributed by atoms with Gasteiger partial charge >= 0.3 is 0 Å². The fraction of sp³-hybridized carbons (Fsp3) is 0.952. The Hall–Kier alpha value is 0.680. The van der Waals surface area contributed by atoms with Gasteiger partial charge in [0.1, 0.15) is 7.42 Å². The monoisotopic (exact) mass is 452 g/mol. The molecule has 0 N–H and O–H groups in total. The summed E-state index contributed by atoms with van der Waals surface area (Å²) in [6.45, 7) is 25.2. The molecule has 0 aromatic rings. The van der Waals surface area contributed by atoms with Crippen molar-refractivity contribution in [2.45, 2.75) is 112 Å². The lowest BCUT2D eigenvalue weighted by Gasteiger charge is -2.46. The van der Waals surface area contributed by atoms with Gasteiger partial charge in [0.2, 0.25) is 0 Å². The van der Waals surface area contributed by atoms with Crippen LogP contribution in [-0.4, -0.2) is 62.3 Å². The second kappa shape index (κ2) is 13.9. The van der Waals surface area contributed by atoms with Gasteiger partial charge in [-0.3, -0.25) is 14.1 Å². The molecule has 0 aliphatic rings. The fourth-order valence-corrected chi connectivity index (χ4v) is 10.0. The van der Waals surface area contributed by atoms with Crippen LogP contribution in [0.5, 0.6) is 0 Å². The minimum absolute atomic E-state index is 0.239. The highest BCUT2D eigenvalue weighted by atomic mass is 32.7. The standard InChI is InChI=1S/C21H45N2O2PS2/c1-12-20(24)27-15-21(10,11)25-13-14-28-26(22(16(2)3)17(4)5)23(18(6)7)19(8)9/h16-19H,12-15H2,1-11H3. The van der Waals surface area contributed by atoms with Gasteiger partial charge in [-0.1, -0.05) is 30.1 Å². The fourth-order valence-electron chi connectivity index (χ4n) is 3.07. The van der Waals surface area contributed by atoms with Crippen molar-refractivity contribution in [1.82, 2.24) is 9.34 Å². The summed E-state index contributed by atoms with van der Waals surface area (Å²) in [5.74, 6) is 1.68. The molecule has 0 aliphatic carbocycles. The zero-order chi connectivity index (χ0) is 22.1. The number of ether oxygens (including phenoxy) is 1. The third-order valence-electron chi connectivity index (χ3n) is 4.16. The van der Waals surface area contributed by atoms with E-state index in [0.717, 1.165) is 5.75 Å². The van der Waals surface area contributed by atoms with Crippen molar-refractivity contribution >= 4 is 35.7 Å². The molecule has 0 rings (SSSR count). The van der Waals surface area contributed by atoms with Crippen molar-refractivity contribution in [3.8, 4) is 0 Å². The summed E-state index contributed by atoms with van der Waals surface area (Å²) in [6, 6.07) is 2.03. The molecule has 0 spiro atoms. The summed E-state index contributed by atoms with van der Waals surface area (Å²) in [4.78, 5) is 11.6. The van der Waals surface area contributed by atoms with Gasteiger partial charge in [0.15, 0.2) is 5.12 Å². The second-order valence-corrected chi connectivity index (χ2v) is 13.7. The normalized spacial score (nSPS) is 13.4. The Morgan fingerprint density at radius 2 is 1.36 bits per heavy atom. The topological polar surface area (TPSA) is 32.8 Å². The predicted octanol–water partition coefficient (Wildman–Crippen LogP) is 6.65. The number of thioether (sulfide) groups is 1. The molecule has 0 bridgehead atoms. The first-order valence-electron chi connectivity index (χ1n) is 10.6. The molecule has 0 saturated heterocycles. The van der Waals surface area contributed by atoms with E-state index >= 15 is 0 Å². The average Bonchev–Trinajstić information content (AvgIpc) is 2.55. The summed E-state index contributed by atoms with van der Waals surface area (Å²) >= 11 is 3.43. The SMILES string of the molecule is CCC(=O)SCC(C)(C)OCCSP(N(C(C)C)C(C)C)N(C(C)C)C(C)C. The molecule has 0 unspecified atom stereocenters. The number of carbonyl (C=O) groups excluding carboxylic acids is 1. The van der Waals surface area contributed by atoms with Gasteiger partial charge in [0.05, 0.1) is 12.2 Å². The van der Waals surface area contributed by atoms with E-state index in [1.54, 1.807) is 0 Å². The lowest BCUT2D eigenvalue weighted by Crippen LogP contribution is -2.41. The summed E-state index contributed by atoms with van der Waals surface area (Å²) in [6.07, 6.45) is 0.585. The molecule has 0 atom stereocenters. The van der Waals surface area contributed by atoms with E-state index in [9.17, 15) is 4.79 Å².